The molecule has 0 saturated heterocycles. The molecule has 132 valence electrons. The van der Waals surface area contributed by atoms with Crippen LogP contribution >= 0.6 is 0 Å². The van der Waals surface area contributed by atoms with Gasteiger partial charge in [0.15, 0.2) is 0 Å². The Hall–Kier alpha value is -3.61. The van der Waals surface area contributed by atoms with Crippen molar-refractivity contribution >= 4 is 23.3 Å². The van der Waals surface area contributed by atoms with E-state index in [0.29, 0.717) is 11.3 Å². The van der Waals surface area contributed by atoms with Gasteiger partial charge < -0.3 is 15.4 Å². The summed E-state index contributed by atoms with van der Waals surface area (Å²) in [6.07, 6.45) is 3.53. The predicted octanol–water partition coefficient (Wildman–Crippen LogP) is 2.71. The number of nitrogens with one attached hydrogen (secondary N) is 2. The highest BCUT2D eigenvalue weighted by Crippen LogP contribution is 2.18. The minimum Gasteiger partial charge on any atom is -0.465 e. The standard InChI is InChI=1S/C19H18N4O3/c1-26-19(25)14-7-9-15(10-8-14)22-18(24)13-20-16-5-2-3-6-17(16)23-12-4-11-21-23/h2-12,20H,13H2,1H3,(H,22,24). The van der Waals surface area contributed by atoms with Crippen LogP contribution in [0.25, 0.3) is 5.69 Å². The van der Waals surface area contributed by atoms with Crippen LogP contribution < -0.4 is 10.6 Å². The number of rotatable bonds is 6. The van der Waals surface area contributed by atoms with Crippen LogP contribution in [0.2, 0.25) is 0 Å². The fourth-order valence-corrected chi connectivity index (χ4v) is 2.42. The zero-order valence-corrected chi connectivity index (χ0v) is 14.2. The van der Waals surface area contributed by atoms with Gasteiger partial charge in [-0.1, -0.05) is 12.1 Å². The number of carbonyl (C=O) groups is 2. The second-order valence-corrected chi connectivity index (χ2v) is 5.44. The predicted molar refractivity (Wildman–Crippen MR) is 98.5 cm³/mol. The van der Waals surface area contributed by atoms with E-state index in [9.17, 15) is 9.59 Å². The third kappa shape index (κ3) is 4.07. The molecule has 0 radical (unpaired) electrons. The first-order valence-corrected chi connectivity index (χ1v) is 7.98. The summed E-state index contributed by atoms with van der Waals surface area (Å²) in [5.41, 5.74) is 2.68. The van der Waals surface area contributed by atoms with Gasteiger partial charge in [0.2, 0.25) is 5.91 Å². The van der Waals surface area contributed by atoms with Gasteiger partial charge in [0, 0.05) is 18.1 Å². The molecule has 1 aromatic heterocycles. The summed E-state index contributed by atoms with van der Waals surface area (Å²) in [5.74, 6) is -0.620. The molecule has 0 atom stereocenters. The van der Waals surface area contributed by atoms with E-state index in [-0.39, 0.29) is 12.5 Å². The van der Waals surface area contributed by atoms with Gasteiger partial charge in [0.1, 0.15) is 0 Å². The zero-order valence-electron chi connectivity index (χ0n) is 14.2. The molecule has 0 aliphatic carbocycles. The SMILES string of the molecule is COC(=O)c1ccc(NC(=O)CNc2ccccc2-n2cccn2)cc1. The Morgan fingerprint density at radius 3 is 2.54 bits per heavy atom. The van der Waals surface area contributed by atoms with Gasteiger partial charge in [-0.05, 0) is 42.5 Å². The minimum atomic E-state index is -0.417. The highest BCUT2D eigenvalue weighted by Gasteiger charge is 2.08. The highest BCUT2D eigenvalue weighted by atomic mass is 16.5. The molecule has 0 fully saturated rings. The topological polar surface area (TPSA) is 85.2 Å². The third-order valence-electron chi connectivity index (χ3n) is 3.68. The summed E-state index contributed by atoms with van der Waals surface area (Å²) in [7, 11) is 1.32. The number of ether oxygens (including phenoxy) is 1. The molecule has 0 aliphatic rings. The van der Waals surface area contributed by atoms with Gasteiger partial charge in [0.25, 0.3) is 0 Å². The van der Waals surface area contributed by atoms with Crippen LogP contribution in [0.4, 0.5) is 11.4 Å². The molecule has 3 rings (SSSR count). The summed E-state index contributed by atoms with van der Waals surface area (Å²) in [4.78, 5) is 23.6. The van der Waals surface area contributed by atoms with E-state index < -0.39 is 5.97 Å². The Balaban J connectivity index is 1.61. The maximum Gasteiger partial charge on any atom is 0.337 e. The Morgan fingerprint density at radius 1 is 1.08 bits per heavy atom. The second kappa shape index (κ2) is 7.98. The highest BCUT2D eigenvalue weighted by molar-refractivity contribution is 5.95. The Morgan fingerprint density at radius 2 is 1.85 bits per heavy atom. The molecule has 7 nitrogen and oxygen atoms in total. The molecule has 0 aliphatic heterocycles. The largest absolute Gasteiger partial charge is 0.465 e. The number of para-hydroxylation sites is 2. The fraction of sp³-hybridized carbons (Fsp3) is 0.105. The summed E-state index contributed by atoms with van der Waals surface area (Å²) in [6, 6.07) is 15.9. The van der Waals surface area contributed by atoms with Gasteiger partial charge in [-0.15, -0.1) is 0 Å². The normalized spacial score (nSPS) is 10.2. The van der Waals surface area contributed by atoms with Crippen LogP contribution in [0.5, 0.6) is 0 Å². The molecule has 7 heteroatoms. The van der Waals surface area contributed by atoms with Crippen LogP contribution in [0.15, 0.2) is 67.0 Å². The molecular formula is C19H18N4O3. The lowest BCUT2D eigenvalue weighted by atomic mass is 10.2. The van der Waals surface area contributed by atoms with E-state index in [2.05, 4.69) is 20.5 Å². The quantitative estimate of drug-likeness (QED) is 0.668. The first-order chi connectivity index (χ1) is 12.7. The Labute approximate surface area is 150 Å². The molecule has 26 heavy (non-hydrogen) atoms. The van der Waals surface area contributed by atoms with Crippen LogP contribution in [0.1, 0.15) is 10.4 Å². The molecular weight excluding hydrogens is 332 g/mol. The molecule has 0 unspecified atom stereocenters. The van der Waals surface area contributed by atoms with Gasteiger partial charge >= 0.3 is 5.97 Å². The maximum atomic E-state index is 12.2. The summed E-state index contributed by atoms with van der Waals surface area (Å²) in [5, 5.41) is 10.1. The van der Waals surface area contributed by atoms with Gasteiger partial charge in [-0.2, -0.15) is 5.10 Å². The number of hydrogen-bond acceptors (Lipinski definition) is 5. The van der Waals surface area contributed by atoms with E-state index in [1.165, 1.54) is 7.11 Å². The fourth-order valence-electron chi connectivity index (χ4n) is 2.42. The van der Waals surface area contributed by atoms with E-state index in [4.69, 9.17) is 0 Å². The van der Waals surface area contributed by atoms with E-state index in [0.717, 1.165) is 11.4 Å². The Bertz CT molecular complexity index is 889. The van der Waals surface area contributed by atoms with Gasteiger partial charge in [-0.3, -0.25) is 4.79 Å². The van der Waals surface area contributed by atoms with Crippen molar-refractivity contribution in [3.63, 3.8) is 0 Å². The summed E-state index contributed by atoms with van der Waals surface area (Å²) in [6.45, 7) is 0.0943. The smallest absolute Gasteiger partial charge is 0.337 e. The zero-order chi connectivity index (χ0) is 18.4. The Kier molecular flexibility index (Phi) is 5.28. The molecule has 1 heterocycles. The minimum absolute atomic E-state index is 0.0943. The number of methoxy groups -OCH3 is 1. The van der Waals surface area contributed by atoms with E-state index >= 15 is 0 Å². The van der Waals surface area contributed by atoms with Crippen molar-refractivity contribution in [2.75, 3.05) is 24.3 Å². The lowest BCUT2D eigenvalue weighted by Gasteiger charge is -2.12. The number of aromatic nitrogens is 2. The molecule has 0 saturated carbocycles. The van der Waals surface area contributed by atoms with Crippen molar-refractivity contribution < 1.29 is 14.3 Å². The number of hydrogen-bond donors (Lipinski definition) is 2. The number of anilines is 2. The van der Waals surface area contributed by atoms with Crippen LogP contribution in [0, 0.1) is 0 Å². The first kappa shape index (κ1) is 17.2. The lowest BCUT2D eigenvalue weighted by Crippen LogP contribution is -2.22. The molecule has 2 N–H and O–H groups in total. The van der Waals surface area contributed by atoms with Crippen LogP contribution in [-0.4, -0.2) is 35.3 Å². The molecule has 0 bridgehead atoms. The lowest BCUT2D eigenvalue weighted by molar-refractivity contribution is -0.114. The van der Waals surface area contributed by atoms with Crippen molar-refractivity contribution in [3.05, 3.63) is 72.6 Å². The number of benzene rings is 2. The van der Waals surface area contributed by atoms with Gasteiger partial charge in [0.05, 0.1) is 30.6 Å². The number of carbonyl (C=O) groups excluding carboxylic acids is 2. The van der Waals surface area contributed by atoms with Crippen molar-refractivity contribution in [2.24, 2.45) is 0 Å². The first-order valence-electron chi connectivity index (χ1n) is 7.98. The summed E-state index contributed by atoms with van der Waals surface area (Å²) < 4.78 is 6.37. The van der Waals surface area contributed by atoms with Crippen LogP contribution in [-0.2, 0) is 9.53 Å². The number of amides is 1. The van der Waals surface area contributed by atoms with Crippen molar-refractivity contribution in [2.45, 2.75) is 0 Å². The van der Waals surface area contributed by atoms with Crippen molar-refractivity contribution in [1.29, 1.82) is 0 Å². The molecule has 2 aromatic carbocycles. The average Bonchev–Trinajstić information content (AvgIpc) is 3.21. The van der Waals surface area contributed by atoms with Gasteiger partial charge in [-0.25, -0.2) is 9.48 Å². The monoisotopic (exact) mass is 350 g/mol. The van der Waals surface area contributed by atoms with Crippen LogP contribution in [0.3, 0.4) is 0 Å². The molecule has 0 spiro atoms. The van der Waals surface area contributed by atoms with E-state index in [1.54, 1.807) is 35.1 Å². The maximum absolute atomic E-state index is 12.2. The van der Waals surface area contributed by atoms with Crippen molar-refractivity contribution in [1.82, 2.24) is 9.78 Å². The number of nitrogens with zero attached hydrogens (tertiary/aromatic N) is 2. The van der Waals surface area contributed by atoms with E-state index in [1.807, 2.05) is 36.5 Å². The van der Waals surface area contributed by atoms with Crippen molar-refractivity contribution in [3.8, 4) is 5.69 Å². The second-order valence-electron chi connectivity index (χ2n) is 5.44. The number of esters is 1. The third-order valence-corrected chi connectivity index (χ3v) is 3.68. The summed E-state index contributed by atoms with van der Waals surface area (Å²) >= 11 is 0. The average molecular weight is 350 g/mol. The molecule has 1 amide bonds. The molecule has 3 aromatic rings.